The lowest BCUT2D eigenvalue weighted by Gasteiger charge is -2.44. The molecule has 1 amide bonds. The smallest absolute Gasteiger partial charge is 0.239 e. The molecule has 2 saturated heterocycles. The topological polar surface area (TPSA) is 53.6 Å². The van der Waals surface area contributed by atoms with Gasteiger partial charge in [0, 0.05) is 32.2 Å². The summed E-state index contributed by atoms with van der Waals surface area (Å²) in [4.78, 5) is 14.2. The second-order valence-corrected chi connectivity index (χ2v) is 4.43. The lowest BCUT2D eigenvalue weighted by Crippen LogP contribution is -2.65. The highest BCUT2D eigenvalue weighted by Crippen LogP contribution is 2.14. The molecule has 1 unspecified atom stereocenters. The van der Waals surface area contributed by atoms with Crippen LogP contribution in [0, 0.1) is 0 Å². The van der Waals surface area contributed by atoms with Crippen molar-refractivity contribution in [1.82, 2.24) is 15.5 Å². The Morgan fingerprint density at radius 1 is 1.56 bits per heavy atom. The molecule has 16 heavy (non-hydrogen) atoms. The molecule has 0 bridgehead atoms. The van der Waals surface area contributed by atoms with Crippen LogP contribution in [0.15, 0.2) is 0 Å². The van der Waals surface area contributed by atoms with Crippen LogP contribution in [-0.4, -0.2) is 62.3 Å². The summed E-state index contributed by atoms with van der Waals surface area (Å²) in [5.41, 5.74) is 0. The van der Waals surface area contributed by atoms with Gasteiger partial charge in [-0.05, 0) is 6.42 Å². The first-order valence-electron chi connectivity index (χ1n) is 6.15. The fourth-order valence-electron chi connectivity index (χ4n) is 2.15. The number of carbonyl (C=O) groups excluding carboxylic acids is 1. The molecule has 2 fully saturated rings. The SMILES string of the molecule is CCCNC(=O)C1COCCN1C1CNC1. The van der Waals surface area contributed by atoms with Crippen molar-refractivity contribution in [1.29, 1.82) is 0 Å². The zero-order valence-electron chi connectivity index (χ0n) is 9.87. The molecule has 0 aromatic heterocycles. The van der Waals surface area contributed by atoms with E-state index in [9.17, 15) is 4.79 Å². The summed E-state index contributed by atoms with van der Waals surface area (Å²) in [7, 11) is 0. The molecule has 0 spiro atoms. The molecular weight excluding hydrogens is 206 g/mol. The first kappa shape index (κ1) is 11.8. The monoisotopic (exact) mass is 227 g/mol. The number of morpholine rings is 1. The summed E-state index contributed by atoms with van der Waals surface area (Å²) in [5.74, 6) is 0.119. The van der Waals surface area contributed by atoms with Crippen LogP contribution in [0.3, 0.4) is 0 Å². The molecule has 2 heterocycles. The molecule has 0 aromatic rings. The second-order valence-electron chi connectivity index (χ2n) is 4.43. The Bertz CT molecular complexity index is 243. The Morgan fingerprint density at radius 2 is 2.38 bits per heavy atom. The summed E-state index contributed by atoms with van der Waals surface area (Å²) in [6, 6.07) is 0.425. The van der Waals surface area contributed by atoms with Gasteiger partial charge in [0.1, 0.15) is 6.04 Å². The highest BCUT2D eigenvalue weighted by atomic mass is 16.5. The molecule has 0 saturated carbocycles. The first-order chi connectivity index (χ1) is 7.83. The van der Waals surface area contributed by atoms with Crippen molar-refractivity contribution >= 4 is 5.91 Å². The van der Waals surface area contributed by atoms with Gasteiger partial charge in [0.25, 0.3) is 0 Å². The van der Waals surface area contributed by atoms with Crippen LogP contribution in [0.5, 0.6) is 0 Å². The van der Waals surface area contributed by atoms with Gasteiger partial charge in [-0.15, -0.1) is 0 Å². The minimum absolute atomic E-state index is 0.0904. The van der Waals surface area contributed by atoms with Crippen molar-refractivity contribution in [3.8, 4) is 0 Å². The summed E-state index contributed by atoms with van der Waals surface area (Å²) >= 11 is 0. The van der Waals surface area contributed by atoms with E-state index in [0.29, 0.717) is 12.6 Å². The van der Waals surface area contributed by atoms with E-state index in [1.807, 2.05) is 0 Å². The fourth-order valence-corrected chi connectivity index (χ4v) is 2.15. The van der Waals surface area contributed by atoms with Gasteiger partial charge in [-0.25, -0.2) is 0 Å². The van der Waals surface area contributed by atoms with Crippen molar-refractivity contribution in [2.24, 2.45) is 0 Å². The number of hydrogen-bond acceptors (Lipinski definition) is 4. The molecule has 2 N–H and O–H groups in total. The van der Waals surface area contributed by atoms with E-state index >= 15 is 0 Å². The predicted molar refractivity (Wildman–Crippen MR) is 61.3 cm³/mol. The third-order valence-corrected chi connectivity index (χ3v) is 3.25. The summed E-state index contributed by atoms with van der Waals surface area (Å²) in [6.07, 6.45) is 0.976. The number of ether oxygens (including phenoxy) is 1. The van der Waals surface area contributed by atoms with Gasteiger partial charge < -0.3 is 15.4 Å². The molecular formula is C11H21N3O2. The van der Waals surface area contributed by atoms with Crippen LogP contribution in [0.4, 0.5) is 0 Å². The van der Waals surface area contributed by atoms with E-state index in [2.05, 4.69) is 22.5 Å². The van der Waals surface area contributed by atoms with Crippen molar-refractivity contribution < 1.29 is 9.53 Å². The van der Waals surface area contributed by atoms with Gasteiger partial charge in [-0.3, -0.25) is 9.69 Å². The van der Waals surface area contributed by atoms with Crippen molar-refractivity contribution in [2.75, 3.05) is 39.4 Å². The largest absolute Gasteiger partial charge is 0.378 e. The van der Waals surface area contributed by atoms with Crippen molar-refractivity contribution in [3.05, 3.63) is 0 Å². The van der Waals surface area contributed by atoms with Crippen molar-refractivity contribution in [3.63, 3.8) is 0 Å². The standard InChI is InChI=1S/C11H21N3O2/c1-2-3-13-11(15)10-8-16-5-4-14(10)9-6-12-7-9/h9-10,12H,2-8H2,1H3,(H,13,15). The molecule has 0 radical (unpaired) electrons. The molecule has 2 aliphatic heterocycles. The number of amides is 1. The van der Waals surface area contributed by atoms with E-state index in [4.69, 9.17) is 4.74 Å². The van der Waals surface area contributed by atoms with E-state index in [0.717, 1.165) is 39.2 Å². The quantitative estimate of drug-likeness (QED) is 0.659. The Balaban J connectivity index is 1.90. The molecule has 5 nitrogen and oxygen atoms in total. The molecule has 1 atom stereocenters. The van der Waals surface area contributed by atoms with Crippen LogP contribution in [0.25, 0.3) is 0 Å². The van der Waals surface area contributed by atoms with Gasteiger partial charge in [-0.2, -0.15) is 0 Å². The Hall–Kier alpha value is -0.650. The molecule has 0 aliphatic carbocycles. The molecule has 92 valence electrons. The minimum Gasteiger partial charge on any atom is -0.378 e. The van der Waals surface area contributed by atoms with Gasteiger partial charge in [0.15, 0.2) is 0 Å². The van der Waals surface area contributed by atoms with E-state index in [-0.39, 0.29) is 11.9 Å². The van der Waals surface area contributed by atoms with Crippen LogP contribution < -0.4 is 10.6 Å². The lowest BCUT2D eigenvalue weighted by atomic mass is 10.1. The summed E-state index contributed by atoms with van der Waals surface area (Å²) in [5, 5.41) is 6.20. The van der Waals surface area contributed by atoms with Crippen LogP contribution >= 0.6 is 0 Å². The van der Waals surface area contributed by atoms with Gasteiger partial charge >= 0.3 is 0 Å². The zero-order chi connectivity index (χ0) is 11.4. The zero-order valence-corrected chi connectivity index (χ0v) is 9.87. The van der Waals surface area contributed by atoms with Gasteiger partial charge in [0.2, 0.25) is 5.91 Å². The lowest BCUT2D eigenvalue weighted by molar-refractivity contribution is -0.135. The number of nitrogens with one attached hydrogen (secondary N) is 2. The maximum Gasteiger partial charge on any atom is 0.239 e. The third-order valence-electron chi connectivity index (χ3n) is 3.25. The average molecular weight is 227 g/mol. The average Bonchev–Trinajstić information content (AvgIpc) is 2.24. The van der Waals surface area contributed by atoms with E-state index in [1.54, 1.807) is 0 Å². The highest BCUT2D eigenvalue weighted by molar-refractivity contribution is 5.82. The molecule has 5 heteroatoms. The van der Waals surface area contributed by atoms with E-state index in [1.165, 1.54) is 0 Å². The van der Waals surface area contributed by atoms with Crippen LogP contribution in [0.2, 0.25) is 0 Å². The molecule has 2 aliphatic rings. The molecule has 0 aromatic carbocycles. The summed E-state index contributed by atoms with van der Waals surface area (Å²) < 4.78 is 5.41. The van der Waals surface area contributed by atoms with Crippen molar-refractivity contribution in [2.45, 2.75) is 25.4 Å². The Kier molecular flexibility index (Phi) is 4.15. The maximum atomic E-state index is 12.0. The van der Waals surface area contributed by atoms with E-state index < -0.39 is 0 Å². The third kappa shape index (κ3) is 2.53. The van der Waals surface area contributed by atoms with Gasteiger partial charge in [-0.1, -0.05) is 6.92 Å². The number of nitrogens with zero attached hydrogens (tertiary/aromatic N) is 1. The Labute approximate surface area is 96.5 Å². The number of rotatable bonds is 4. The normalized spacial score (nSPS) is 27.4. The number of hydrogen-bond donors (Lipinski definition) is 2. The predicted octanol–water partition coefficient (Wildman–Crippen LogP) is -0.815. The Morgan fingerprint density at radius 3 is 3.00 bits per heavy atom. The number of carbonyl (C=O) groups is 1. The van der Waals surface area contributed by atoms with Gasteiger partial charge in [0.05, 0.1) is 13.2 Å². The summed E-state index contributed by atoms with van der Waals surface area (Å²) in [6.45, 7) is 6.96. The fraction of sp³-hybridized carbons (Fsp3) is 0.909. The highest BCUT2D eigenvalue weighted by Gasteiger charge is 2.36. The minimum atomic E-state index is -0.0904. The molecule has 2 rings (SSSR count). The van der Waals surface area contributed by atoms with Crippen LogP contribution in [-0.2, 0) is 9.53 Å². The maximum absolute atomic E-state index is 12.0. The first-order valence-corrected chi connectivity index (χ1v) is 6.15. The van der Waals surface area contributed by atoms with Crippen LogP contribution in [0.1, 0.15) is 13.3 Å². The second kappa shape index (κ2) is 5.61.